The molecule has 4 rings (SSSR count). The first-order valence-electron chi connectivity index (χ1n) is 10.6. The number of carbonyl (C=O) groups excluding carboxylic acids is 1. The Balaban J connectivity index is 0.00000380. The molecule has 0 amide bonds. The van der Waals surface area contributed by atoms with Crippen LogP contribution in [-0.4, -0.2) is 46.8 Å². The SMILES string of the molecule is COc1ccc2nc(S(=O)Cc3ncc(C)c(OC)c3C)n(S(=O)(=O)c3cccc(C(=O)[O-])c3)c2c1.[Na+]. The van der Waals surface area contributed by atoms with E-state index in [2.05, 4.69) is 9.97 Å². The number of rotatable bonds is 8. The number of fused-ring (bicyclic) bond motifs is 1. The number of carboxylic acid groups (broad SMARTS) is 1. The monoisotopic (exact) mass is 551 g/mol. The molecule has 188 valence electrons. The Bertz CT molecular complexity index is 1640. The first kappa shape index (κ1) is 28.8. The van der Waals surface area contributed by atoms with Crippen LogP contribution in [0.25, 0.3) is 11.0 Å². The van der Waals surface area contributed by atoms with Crippen LogP contribution in [-0.2, 0) is 26.6 Å². The Morgan fingerprint density at radius 3 is 2.49 bits per heavy atom. The predicted molar refractivity (Wildman–Crippen MR) is 130 cm³/mol. The van der Waals surface area contributed by atoms with Crippen LogP contribution in [0.5, 0.6) is 11.5 Å². The second-order valence-electron chi connectivity index (χ2n) is 7.87. The van der Waals surface area contributed by atoms with Gasteiger partial charge in [0, 0.05) is 23.4 Å². The Morgan fingerprint density at radius 1 is 1.11 bits per heavy atom. The summed E-state index contributed by atoms with van der Waals surface area (Å²) in [4.78, 5) is 19.7. The molecule has 1 unspecified atom stereocenters. The van der Waals surface area contributed by atoms with Crippen LogP contribution in [0.1, 0.15) is 27.2 Å². The van der Waals surface area contributed by atoms with E-state index in [1.54, 1.807) is 25.3 Å². The topological polar surface area (TPSA) is 141 Å². The van der Waals surface area contributed by atoms with Crippen molar-refractivity contribution in [3.8, 4) is 11.5 Å². The Labute approximate surface area is 238 Å². The van der Waals surface area contributed by atoms with Crippen LogP contribution in [0.4, 0.5) is 0 Å². The van der Waals surface area contributed by atoms with Crippen molar-refractivity contribution in [2.24, 2.45) is 0 Å². The van der Waals surface area contributed by atoms with Crippen LogP contribution in [0.3, 0.4) is 0 Å². The van der Waals surface area contributed by atoms with Gasteiger partial charge >= 0.3 is 29.6 Å². The molecule has 1 atom stereocenters. The molecule has 0 aliphatic heterocycles. The molecule has 0 bridgehead atoms. The molecular formula is C24H22N3NaO7S2. The van der Waals surface area contributed by atoms with Gasteiger partial charge in [-0.15, -0.1) is 0 Å². The molecule has 2 aromatic heterocycles. The van der Waals surface area contributed by atoms with Crippen molar-refractivity contribution >= 4 is 37.8 Å². The predicted octanol–water partition coefficient (Wildman–Crippen LogP) is -1.02. The van der Waals surface area contributed by atoms with Gasteiger partial charge in [-0.25, -0.2) is 17.4 Å². The summed E-state index contributed by atoms with van der Waals surface area (Å²) in [5.74, 6) is -0.692. The molecule has 0 radical (unpaired) electrons. The fraction of sp³-hybridized carbons (Fsp3) is 0.208. The first-order valence-corrected chi connectivity index (χ1v) is 13.3. The van der Waals surface area contributed by atoms with Crippen LogP contribution in [0.2, 0.25) is 0 Å². The Morgan fingerprint density at radius 2 is 1.84 bits per heavy atom. The minimum absolute atomic E-state index is 0. The summed E-state index contributed by atoms with van der Waals surface area (Å²) < 4.78 is 52.7. The summed E-state index contributed by atoms with van der Waals surface area (Å²) in [6.45, 7) is 3.61. The van der Waals surface area contributed by atoms with E-state index in [0.29, 0.717) is 22.8 Å². The number of hydrogen-bond acceptors (Lipinski definition) is 9. The largest absolute Gasteiger partial charge is 1.00 e. The number of carboxylic acids is 1. The molecule has 37 heavy (non-hydrogen) atoms. The Hall–Kier alpha value is -2.77. The third-order valence-corrected chi connectivity index (χ3v) is 8.65. The van der Waals surface area contributed by atoms with E-state index in [1.165, 1.54) is 38.5 Å². The zero-order valence-electron chi connectivity index (χ0n) is 20.8. The van der Waals surface area contributed by atoms with Gasteiger partial charge in [-0.05, 0) is 43.7 Å². The summed E-state index contributed by atoms with van der Waals surface area (Å²) in [6, 6.07) is 9.36. The number of hydrogen-bond donors (Lipinski definition) is 0. The number of imidazole rings is 1. The van der Waals surface area contributed by atoms with E-state index < -0.39 is 26.8 Å². The fourth-order valence-electron chi connectivity index (χ4n) is 3.81. The summed E-state index contributed by atoms with van der Waals surface area (Å²) >= 11 is 0. The van der Waals surface area contributed by atoms with Crippen molar-refractivity contribution in [3.63, 3.8) is 0 Å². The molecule has 0 saturated carbocycles. The molecule has 2 heterocycles. The van der Waals surface area contributed by atoms with Gasteiger partial charge in [-0.1, -0.05) is 12.1 Å². The average Bonchev–Trinajstić information content (AvgIpc) is 3.26. The van der Waals surface area contributed by atoms with Crippen molar-refractivity contribution in [3.05, 3.63) is 71.0 Å². The van der Waals surface area contributed by atoms with Crippen LogP contribution in [0, 0.1) is 13.8 Å². The number of aromatic nitrogens is 3. The molecule has 0 aliphatic rings. The molecule has 0 fully saturated rings. The summed E-state index contributed by atoms with van der Waals surface area (Å²) in [5, 5.41) is 11.1. The Kier molecular flexibility index (Phi) is 8.81. The van der Waals surface area contributed by atoms with Gasteiger partial charge in [0.25, 0.3) is 10.0 Å². The molecule has 2 aromatic carbocycles. The maximum absolute atomic E-state index is 13.8. The molecule has 13 heteroatoms. The zero-order valence-corrected chi connectivity index (χ0v) is 24.5. The number of methoxy groups -OCH3 is 2. The smallest absolute Gasteiger partial charge is 0.545 e. The maximum atomic E-state index is 13.8. The third-order valence-electron chi connectivity index (χ3n) is 5.62. The number of ether oxygens (including phenoxy) is 2. The maximum Gasteiger partial charge on any atom is 1.00 e. The molecule has 10 nitrogen and oxygen atoms in total. The summed E-state index contributed by atoms with van der Waals surface area (Å²) in [7, 11) is -3.44. The fourth-order valence-corrected chi connectivity index (χ4v) is 6.89. The zero-order chi connectivity index (χ0) is 26.2. The van der Waals surface area contributed by atoms with Gasteiger partial charge < -0.3 is 19.4 Å². The number of pyridine rings is 1. The van der Waals surface area contributed by atoms with E-state index in [1.807, 2.05) is 6.92 Å². The van der Waals surface area contributed by atoms with Crippen molar-refractivity contribution in [2.45, 2.75) is 29.7 Å². The first-order chi connectivity index (χ1) is 17.1. The number of carbonyl (C=O) groups is 1. The summed E-state index contributed by atoms with van der Waals surface area (Å²) in [5.41, 5.74) is 2.03. The van der Waals surface area contributed by atoms with Crippen molar-refractivity contribution in [1.82, 2.24) is 13.9 Å². The number of aromatic carboxylic acids is 1. The molecule has 4 aromatic rings. The van der Waals surface area contributed by atoms with Crippen LogP contribution < -0.4 is 44.1 Å². The van der Waals surface area contributed by atoms with Gasteiger partial charge in [0.1, 0.15) is 11.5 Å². The number of benzene rings is 2. The standard InChI is InChI=1S/C24H23N3O7S2.Na/c1-14-12-25-20(15(2)22(14)34-4)13-35(30)24-26-19-9-8-17(33-3)11-21(19)27(24)36(31,32)18-7-5-6-16(10-18)23(28)29;/h5-12H,13H2,1-4H3,(H,28,29);/q;+1/p-1. The van der Waals surface area contributed by atoms with E-state index >= 15 is 0 Å². The number of aryl methyl sites for hydroxylation is 1. The van der Waals surface area contributed by atoms with Crippen molar-refractivity contribution in [1.29, 1.82) is 0 Å². The van der Waals surface area contributed by atoms with Gasteiger partial charge in [-0.2, -0.15) is 0 Å². The second kappa shape index (κ2) is 11.3. The van der Waals surface area contributed by atoms with Crippen LogP contribution in [0.15, 0.2) is 58.7 Å². The molecule has 0 spiro atoms. The van der Waals surface area contributed by atoms with E-state index in [9.17, 15) is 22.5 Å². The molecule has 0 N–H and O–H groups in total. The third kappa shape index (κ3) is 5.43. The van der Waals surface area contributed by atoms with Gasteiger partial charge in [-0.3, -0.25) is 9.19 Å². The second-order valence-corrected chi connectivity index (χ2v) is 11.0. The quantitative estimate of drug-likeness (QED) is 0.252. The number of nitrogens with zero attached hydrogens (tertiary/aromatic N) is 3. The minimum Gasteiger partial charge on any atom is -0.545 e. The van der Waals surface area contributed by atoms with Gasteiger partial charge in [0.15, 0.2) is 0 Å². The van der Waals surface area contributed by atoms with E-state index in [-0.39, 0.29) is 62.0 Å². The normalized spacial score (nSPS) is 12.1. The minimum atomic E-state index is -4.43. The van der Waals surface area contributed by atoms with E-state index in [4.69, 9.17) is 9.47 Å². The molecular weight excluding hydrogens is 529 g/mol. The summed E-state index contributed by atoms with van der Waals surface area (Å²) in [6.07, 6.45) is 1.59. The molecule has 0 aliphatic carbocycles. The van der Waals surface area contributed by atoms with Crippen molar-refractivity contribution < 1.29 is 61.6 Å². The van der Waals surface area contributed by atoms with E-state index in [0.717, 1.165) is 15.6 Å². The van der Waals surface area contributed by atoms with Crippen LogP contribution >= 0.6 is 0 Å². The molecule has 0 saturated heterocycles. The average molecular weight is 552 g/mol. The van der Waals surface area contributed by atoms with Gasteiger partial charge in [0.05, 0.1) is 58.4 Å². The van der Waals surface area contributed by atoms with Gasteiger partial charge in [0.2, 0.25) is 5.16 Å². The van der Waals surface area contributed by atoms with Crippen molar-refractivity contribution in [2.75, 3.05) is 14.2 Å².